The van der Waals surface area contributed by atoms with Crippen molar-refractivity contribution >= 4 is 5.69 Å². The molecule has 2 aromatic rings. The molecule has 2 N–H and O–H groups in total. The van der Waals surface area contributed by atoms with E-state index in [2.05, 4.69) is 11.1 Å². The van der Waals surface area contributed by atoms with Crippen LogP contribution in [0, 0.1) is 11.3 Å². The standard InChI is InChI=1S/C12H9N3/c13-7-9-1-3-10(4-2-9)11-5-6-15-8-12(11)14/h1-6,8H,14H2. The topological polar surface area (TPSA) is 62.7 Å². The highest BCUT2D eigenvalue weighted by Crippen LogP contribution is 2.24. The summed E-state index contributed by atoms with van der Waals surface area (Å²) in [6, 6.07) is 11.2. The predicted octanol–water partition coefficient (Wildman–Crippen LogP) is 2.20. The first kappa shape index (κ1) is 9.22. The Morgan fingerprint density at radius 2 is 1.87 bits per heavy atom. The molecule has 0 radical (unpaired) electrons. The van der Waals surface area contributed by atoms with Crippen LogP contribution in [0.25, 0.3) is 11.1 Å². The van der Waals surface area contributed by atoms with Gasteiger partial charge in [-0.1, -0.05) is 12.1 Å². The number of nitrogens with zero attached hydrogens (tertiary/aromatic N) is 2. The van der Waals surface area contributed by atoms with E-state index in [4.69, 9.17) is 11.0 Å². The summed E-state index contributed by atoms with van der Waals surface area (Å²) in [5.41, 5.74) is 9.02. The van der Waals surface area contributed by atoms with Crippen LogP contribution in [0.2, 0.25) is 0 Å². The summed E-state index contributed by atoms with van der Waals surface area (Å²) >= 11 is 0. The Labute approximate surface area is 87.8 Å². The lowest BCUT2D eigenvalue weighted by molar-refractivity contribution is 1.33. The van der Waals surface area contributed by atoms with Gasteiger partial charge >= 0.3 is 0 Å². The maximum absolute atomic E-state index is 8.67. The van der Waals surface area contributed by atoms with Gasteiger partial charge in [0, 0.05) is 11.8 Å². The van der Waals surface area contributed by atoms with E-state index in [-0.39, 0.29) is 0 Å². The Kier molecular flexibility index (Phi) is 2.34. The fourth-order valence-electron chi connectivity index (χ4n) is 1.39. The molecule has 0 aliphatic carbocycles. The van der Waals surface area contributed by atoms with Crippen molar-refractivity contribution in [1.29, 1.82) is 5.26 Å². The average Bonchev–Trinajstić information content (AvgIpc) is 2.30. The largest absolute Gasteiger partial charge is 0.397 e. The Morgan fingerprint density at radius 3 is 2.47 bits per heavy atom. The summed E-state index contributed by atoms with van der Waals surface area (Å²) in [5.74, 6) is 0. The second-order valence-electron chi connectivity index (χ2n) is 3.15. The minimum Gasteiger partial charge on any atom is -0.397 e. The maximum atomic E-state index is 8.67. The third-order valence-corrected chi connectivity index (χ3v) is 2.18. The van der Waals surface area contributed by atoms with Crippen LogP contribution in [0.1, 0.15) is 5.56 Å². The van der Waals surface area contributed by atoms with Crippen molar-refractivity contribution in [3.63, 3.8) is 0 Å². The first-order valence-electron chi connectivity index (χ1n) is 4.51. The zero-order chi connectivity index (χ0) is 10.7. The number of nitrogen functional groups attached to an aromatic ring is 1. The lowest BCUT2D eigenvalue weighted by Gasteiger charge is -2.04. The summed E-state index contributed by atoms with van der Waals surface area (Å²) in [4.78, 5) is 3.93. The lowest BCUT2D eigenvalue weighted by Crippen LogP contribution is -1.90. The van der Waals surface area contributed by atoms with E-state index in [0.717, 1.165) is 11.1 Å². The van der Waals surface area contributed by atoms with Crippen LogP contribution in [0.5, 0.6) is 0 Å². The Morgan fingerprint density at radius 1 is 1.13 bits per heavy atom. The van der Waals surface area contributed by atoms with Crippen LogP contribution in [0.15, 0.2) is 42.7 Å². The molecule has 0 saturated carbocycles. The van der Waals surface area contributed by atoms with Gasteiger partial charge < -0.3 is 5.73 Å². The number of nitriles is 1. The minimum absolute atomic E-state index is 0.641. The molecule has 1 aromatic heterocycles. The highest BCUT2D eigenvalue weighted by Gasteiger charge is 2.01. The predicted molar refractivity (Wildman–Crippen MR) is 58.8 cm³/mol. The Bertz CT molecular complexity index is 509. The van der Waals surface area contributed by atoms with Crippen LogP contribution >= 0.6 is 0 Å². The van der Waals surface area contributed by atoms with Crippen LogP contribution in [0.3, 0.4) is 0 Å². The van der Waals surface area contributed by atoms with Gasteiger partial charge in [-0.25, -0.2) is 0 Å². The summed E-state index contributed by atoms with van der Waals surface area (Å²) in [7, 11) is 0. The van der Waals surface area contributed by atoms with Crippen molar-refractivity contribution in [3.8, 4) is 17.2 Å². The fraction of sp³-hybridized carbons (Fsp3) is 0. The summed E-state index contributed by atoms with van der Waals surface area (Å²) in [6.45, 7) is 0. The number of aromatic nitrogens is 1. The number of pyridine rings is 1. The summed E-state index contributed by atoms with van der Waals surface area (Å²) in [5, 5.41) is 8.67. The van der Waals surface area contributed by atoms with Crippen LogP contribution < -0.4 is 5.73 Å². The van der Waals surface area contributed by atoms with E-state index in [1.165, 1.54) is 0 Å². The van der Waals surface area contributed by atoms with Crippen LogP contribution in [-0.4, -0.2) is 4.98 Å². The van der Waals surface area contributed by atoms with Crippen molar-refractivity contribution in [2.45, 2.75) is 0 Å². The quantitative estimate of drug-likeness (QED) is 0.758. The van der Waals surface area contributed by atoms with E-state index >= 15 is 0 Å². The molecular formula is C12H9N3. The fourth-order valence-corrected chi connectivity index (χ4v) is 1.39. The summed E-state index contributed by atoms with van der Waals surface area (Å²) in [6.07, 6.45) is 3.32. The van der Waals surface area contributed by atoms with Gasteiger partial charge in [-0.3, -0.25) is 4.98 Å². The highest BCUT2D eigenvalue weighted by atomic mass is 14.7. The zero-order valence-electron chi connectivity index (χ0n) is 8.01. The molecule has 0 aliphatic rings. The molecule has 1 aromatic carbocycles. The number of hydrogen-bond donors (Lipinski definition) is 1. The lowest BCUT2D eigenvalue weighted by atomic mass is 10.0. The van der Waals surface area contributed by atoms with E-state index in [1.807, 2.05) is 18.2 Å². The van der Waals surface area contributed by atoms with Gasteiger partial charge in [-0.15, -0.1) is 0 Å². The molecule has 72 valence electrons. The van der Waals surface area contributed by atoms with Gasteiger partial charge in [0.15, 0.2) is 0 Å². The Balaban J connectivity index is 2.47. The van der Waals surface area contributed by atoms with Crippen molar-refractivity contribution in [2.24, 2.45) is 0 Å². The van der Waals surface area contributed by atoms with E-state index in [9.17, 15) is 0 Å². The van der Waals surface area contributed by atoms with Crippen molar-refractivity contribution in [2.75, 3.05) is 5.73 Å². The second kappa shape index (κ2) is 3.81. The molecule has 0 spiro atoms. The number of hydrogen-bond acceptors (Lipinski definition) is 3. The molecule has 15 heavy (non-hydrogen) atoms. The molecule has 0 bridgehead atoms. The van der Waals surface area contributed by atoms with Gasteiger partial charge in [0.2, 0.25) is 0 Å². The highest BCUT2D eigenvalue weighted by molar-refractivity contribution is 5.75. The molecule has 0 fully saturated rings. The molecule has 0 atom stereocenters. The molecular weight excluding hydrogens is 186 g/mol. The molecule has 0 saturated heterocycles. The van der Waals surface area contributed by atoms with Crippen molar-refractivity contribution in [1.82, 2.24) is 4.98 Å². The molecule has 3 heteroatoms. The smallest absolute Gasteiger partial charge is 0.0991 e. The summed E-state index contributed by atoms with van der Waals surface area (Å²) < 4.78 is 0. The van der Waals surface area contributed by atoms with E-state index < -0.39 is 0 Å². The van der Waals surface area contributed by atoms with E-state index in [1.54, 1.807) is 24.5 Å². The van der Waals surface area contributed by atoms with Gasteiger partial charge in [0.25, 0.3) is 0 Å². The van der Waals surface area contributed by atoms with Crippen LogP contribution in [-0.2, 0) is 0 Å². The first-order valence-corrected chi connectivity index (χ1v) is 4.51. The molecule has 3 nitrogen and oxygen atoms in total. The second-order valence-corrected chi connectivity index (χ2v) is 3.15. The van der Waals surface area contributed by atoms with Gasteiger partial charge in [0.05, 0.1) is 23.5 Å². The average molecular weight is 195 g/mol. The third kappa shape index (κ3) is 1.79. The zero-order valence-corrected chi connectivity index (χ0v) is 8.01. The SMILES string of the molecule is N#Cc1ccc(-c2ccncc2N)cc1. The van der Waals surface area contributed by atoms with Gasteiger partial charge in [0.1, 0.15) is 0 Å². The van der Waals surface area contributed by atoms with Crippen molar-refractivity contribution < 1.29 is 0 Å². The number of nitrogens with two attached hydrogens (primary N) is 1. The Hall–Kier alpha value is -2.34. The molecule has 0 unspecified atom stereocenters. The van der Waals surface area contributed by atoms with Gasteiger partial charge in [-0.2, -0.15) is 5.26 Å². The minimum atomic E-state index is 0.641. The molecule has 1 heterocycles. The van der Waals surface area contributed by atoms with Crippen molar-refractivity contribution in [3.05, 3.63) is 48.3 Å². The molecule has 0 amide bonds. The molecule has 0 aliphatic heterocycles. The number of rotatable bonds is 1. The maximum Gasteiger partial charge on any atom is 0.0991 e. The normalized spacial score (nSPS) is 9.53. The number of benzene rings is 1. The van der Waals surface area contributed by atoms with Crippen LogP contribution in [0.4, 0.5) is 5.69 Å². The number of anilines is 1. The van der Waals surface area contributed by atoms with Gasteiger partial charge in [-0.05, 0) is 23.8 Å². The van der Waals surface area contributed by atoms with E-state index in [0.29, 0.717) is 11.3 Å². The monoisotopic (exact) mass is 195 g/mol. The third-order valence-electron chi connectivity index (χ3n) is 2.18. The first-order chi connectivity index (χ1) is 7.31. The molecule has 2 rings (SSSR count).